The molecule has 0 saturated carbocycles. The molecule has 128 valence electrons. The van der Waals surface area contributed by atoms with Gasteiger partial charge in [-0.15, -0.1) is 0 Å². The quantitative estimate of drug-likeness (QED) is 0.737. The number of hydrogen-bond acceptors (Lipinski definition) is 4. The van der Waals surface area contributed by atoms with Gasteiger partial charge >= 0.3 is 5.97 Å². The third-order valence-electron chi connectivity index (χ3n) is 3.23. The van der Waals surface area contributed by atoms with Crippen LogP contribution >= 0.6 is 23.2 Å². The highest BCUT2D eigenvalue weighted by atomic mass is 35.5. The maximum absolute atomic E-state index is 13.8. The van der Waals surface area contributed by atoms with Crippen LogP contribution in [0.2, 0.25) is 10.0 Å². The Morgan fingerprint density at radius 2 is 2.00 bits per heavy atom. The molecule has 1 aromatic carbocycles. The molecule has 24 heavy (non-hydrogen) atoms. The molecule has 0 amide bonds. The van der Waals surface area contributed by atoms with Crippen LogP contribution in [0.25, 0.3) is 0 Å². The number of pyridine rings is 1. The number of halogens is 3. The molecule has 0 aliphatic carbocycles. The van der Waals surface area contributed by atoms with Crippen molar-refractivity contribution in [2.24, 2.45) is 0 Å². The molecule has 0 spiro atoms. The zero-order chi connectivity index (χ0) is 18.0. The highest BCUT2D eigenvalue weighted by molar-refractivity contribution is 6.37. The van der Waals surface area contributed by atoms with Gasteiger partial charge in [0.15, 0.2) is 5.75 Å². The lowest BCUT2D eigenvalue weighted by Crippen LogP contribution is -2.06. The maximum Gasteiger partial charge on any atom is 0.309 e. The van der Waals surface area contributed by atoms with Crippen LogP contribution in [0.15, 0.2) is 18.2 Å². The molecule has 2 rings (SSSR count). The van der Waals surface area contributed by atoms with Crippen LogP contribution in [-0.4, -0.2) is 21.2 Å². The fourth-order valence-electron chi connectivity index (χ4n) is 2.06. The molecule has 0 aliphatic rings. The van der Waals surface area contributed by atoms with E-state index in [-0.39, 0.29) is 33.9 Å². The van der Waals surface area contributed by atoms with Crippen LogP contribution in [0.1, 0.15) is 31.0 Å². The molecular formula is C16H14Cl2FNO4. The fourth-order valence-corrected chi connectivity index (χ4v) is 2.53. The molecule has 1 heterocycles. The minimum absolute atomic E-state index is 0.0243. The van der Waals surface area contributed by atoms with Crippen LogP contribution in [0, 0.1) is 5.95 Å². The van der Waals surface area contributed by atoms with E-state index in [2.05, 4.69) is 4.98 Å². The zero-order valence-corrected chi connectivity index (χ0v) is 14.3. The number of rotatable bonds is 5. The molecule has 0 atom stereocenters. The summed E-state index contributed by atoms with van der Waals surface area (Å²) in [7, 11) is 0. The number of phenolic OH excluding ortho intramolecular Hbond substituents is 1. The summed E-state index contributed by atoms with van der Waals surface area (Å²) in [5.41, 5.74) is 0.434. The van der Waals surface area contributed by atoms with Crippen molar-refractivity contribution in [3.63, 3.8) is 0 Å². The number of carboxylic acids is 1. The molecule has 8 heteroatoms. The van der Waals surface area contributed by atoms with E-state index >= 15 is 0 Å². The lowest BCUT2D eigenvalue weighted by molar-refractivity contribution is -0.136. The van der Waals surface area contributed by atoms with Gasteiger partial charge in [-0.1, -0.05) is 37.0 Å². The topological polar surface area (TPSA) is 79.7 Å². The van der Waals surface area contributed by atoms with E-state index in [4.69, 9.17) is 33.0 Å². The van der Waals surface area contributed by atoms with Crippen LogP contribution in [0.4, 0.5) is 4.39 Å². The second-order valence-corrected chi connectivity index (χ2v) is 6.11. The molecule has 0 saturated heterocycles. The largest absolute Gasteiger partial charge is 0.508 e. The SMILES string of the molecule is CC(C)c1cc(Oc2c(Cl)c(F)nc(CC(=O)O)c2Cl)ccc1O. The first-order valence-electron chi connectivity index (χ1n) is 6.96. The Labute approximate surface area is 147 Å². The summed E-state index contributed by atoms with van der Waals surface area (Å²) < 4.78 is 19.4. The third kappa shape index (κ3) is 3.88. The number of aliphatic carboxylic acids is 1. The number of ether oxygens (including phenoxy) is 1. The molecule has 0 bridgehead atoms. The van der Waals surface area contributed by atoms with Gasteiger partial charge in [-0.05, 0) is 24.1 Å². The number of phenols is 1. The monoisotopic (exact) mass is 373 g/mol. The Morgan fingerprint density at radius 1 is 1.33 bits per heavy atom. The minimum Gasteiger partial charge on any atom is -0.508 e. The Bertz CT molecular complexity index is 796. The lowest BCUT2D eigenvalue weighted by Gasteiger charge is -2.14. The minimum atomic E-state index is -1.22. The summed E-state index contributed by atoms with van der Waals surface area (Å²) >= 11 is 11.9. The van der Waals surface area contributed by atoms with Crippen molar-refractivity contribution >= 4 is 29.2 Å². The molecule has 0 unspecified atom stereocenters. The van der Waals surface area contributed by atoms with Gasteiger partial charge in [-0.3, -0.25) is 4.79 Å². The van der Waals surface area contributed by atoms with E-state index in [1.54, 1.807) is 6.07 Å². The smallest absolute Gasteiger partial charge is 0.309 e. The maximum atomic E-state index is 13.8. The van der Waals surface area contributed by atoms with Crippen LogP contribution in [0.3, 0.4) is 0 Å². The zero-order valence-electron chi connectivity index (χ0n) is 12.8. The summed E-state index contributed by atoms with van der Waals surface area (Å²) in [6.45, 7) is 3.77. The highest BCUT2D eigenvalue weighted by Gasteiger charge is 2.21. The van der Waals surface area contributed by atoms with Gasteiger partial charge in [0.1, 0.15) is 21.5 Å². The van der Waals surface area contributed by atoms with Crippen molar-refractivity contribution in [2.75, 3.05) is 0 Å². The molecule has 2 aromatic rings. The van der Waals surface area contributed by atoms with Crippen LogP contribution in [-0.2, 0) is 11.2 Å². The van der Waals surface area contributed by atoms with Crippen molar-refractivity contribution in [3.05, 3.63) is 45.4 Å². The number of carbonyl (C=O) groups is 1. The lowest BCUT2D eigenvalue weighted by atomic mass is 10.0. The average Bonchev–Trinajstić information content (AvgIpc) is 2.50. The average molecular weight is 374 g/mol. The normalized spacial score (nSPS) is 10.9. The number of hydrogen-bond donors (Lipinski definition) is 2. The van der Waals surface area contributed by atoms with Gasteiger partial charge in [-0.2, -0.15) is 4.39 Å². The second-order valence-electron chi connectivity index (χ2n) is 5.35. The third-order valence-corrected chi connectivity index (χ3v) is 3.94. The first kappa shape index (κ1) is 18.3. The van der Waals surface area contributed by atoms with Crippen molar-refractivity contribution in [2.45, 2.75) is 26.2 Å². The summed E-state index contributed by atoms with van der Waals surface area (Å²) in [6.07, 6.45) is -0.573. The fraction of sp³-hybridized carbons (Fsp3) is 0.250. The van der Waals surface area contributed by atoms with E-state index in [1.165, 1.54) is 12.1 Å². The van der Waals surface area contributed by atoms with Crippen LogP contribution < -0.4 is 4.74 Å². The Morgan fingerprint density at radius 3 is 2.58 bits per heavy atom. The highest BCUT2D eigenvalue weighted by Crippen LogP contribution is 2.40. The van der Waals surface area contributed by atoms with E-state index in [1.807, 2.05) is 13.8 Å². The van der Waals surface area contributed by atoms with Crippen molar-refractivity contribution in [1.29, 1.82) is 0 Å². The van der Waals surface area contributed by atoms with E-state index < -0.39 is 23.4 Å². The van der Waals surface area contributed by atoms with Crippen molar-refractivity contribution in [3.8, 4) is 17.2 Å². The van der Waals surface area contributed by atoms with Gasteiger partial charge in [-0.25, -0.2) is 4.98 Å². The van der Waals surface area contributed by atoms with Crippen molar-refractivity contribution < 1.29 is 24.1 Å². The summed E-state index contributed by atoms with van der Waals surface area (Å²) in [4.78, 5) is 14.3. The predicted molar refractivity (Wildman–Crippen MR) is 87.8 cm³/mol. The number of aromatic hydroxyl groups is 1. The summed E-state index contributed by atoms with van der Waals surface area (Å²) in [6, 6.07) is 4.47. The number of benzene rings is 1. The van der Waals surface area contributed by atoms with Crippen LogP contribution in [0.5, 0.6) is 17.2 Å². The number of nitrogens with zero attached hydrogens (tertiary/aromatic N) is 1. The van der Waals surface area contributed by atoms with E-state index in [0.717, 1.165) is 0 Å². The van der Waals surface area contributed by atoms with Gasteiger partial charge in [0, 0.05) is 5.56 Å². The Hall–Kier alpha value is -2.05. The van der Waals surface area contributed by atoms with Gasteiger partial charge in [0.05, 0.1) is 12.1 Å². The van der Waals surface area contributed by atoms with Crippen molar-refractivity contribution in [1.82, 2.24) is 4.98 Å². The van der Waals surface area contributed by atoms with Gasteiger partial charge in [0.2, 0.25) is 5.95 Å². The molecule has 0 radical (unpaired) electrons. The molecule has 2 N–H and O–H groups in total. The number of carboxylic acid groups (broad SMARTS) is 1. The predicted octanol–water partition coefficient (Wildman–Crippen LogP) is 4.78. The molecule has 5 nitrogen and oxygen atoms in total. The van der Waals surface area contributed by atoms with Gasteiger partial charge in [0.25, 0.3) is 0 Å². The first-order chi connectivity index (χ1) is 11.2. The van der Waals surface area contributed by atoms with E-state index in [9.17, 15) is 14.3 Å². The summed E-state index contributed by atoms with van der Waals surface area (Å²) in [5, 5.41) is 18.0. The standard InChI is InChI=1S/C16H14Cl2FNO4/c1-7(2)9-5-8(3-4-11(9)21)24-15-13(17)10(6-12(22)23)20-16(19)14(15)18/h3-5,7,21H,6H2,1-2H3,(H,22,23). The Kier molecular flexibility index (Phi) is 5.51. The molecule has 0 fully saturated rings. The second kappa shape index (κ2) is 7.23. The van der Waals surface area contributed by atoms with Gasteiger partial charge < -0.3 is 14.9 Å². The van der Waals surface area contributed by atoms with E-state index in [0.29, 0.717) is 5.56 Å². The molecular weight excluding hydrogens is 360 g/mol. The first-order valence-corrected chi connectivity index (χ1v) is 7.72. The molecule has 1 aromatic heterocycles. The summed E-state index contributed by atoms with van der Waals surface area (Å²) in [5.74, 6) is -2.12. The Balaban J connectivity index is 2.48. The molecule has 0 aliphatic heterocycles. The number of aromatic nitrogens is 1.